The molecule has 2 heterocycles. The number of nitrogens with one attached hydrogen (secondary N) is 2. The summed E-state index contributed by atoms with van der Waals surface area (Å²) in [6.45, 7) is 4.08. The summed E-state index contributed by atoms with van der Waals surface area (Å²) in [5.74, 6) is -1.30. The number of piperidine rings is 2. The minimum atomic E-state index is -1.56. The summed E-state index contributed by atoms with van der Waals surface area (Å²) in [6, 6.07) is 4.73. The van der Waals surface area contributed by atoms with Crippen LogP contribution >= 0.6 is 23.2 Å². The van der Waals surface area contributed by atoms with Gasteiger partial charge in [0.2, 0.25) is 0 Å². The summed E-state index contributed by atoms with van der Waals surface area (Å²) in [7, 11) is 0. The van der Waals surface area contributed by atoms with Crippen molar-refractivity contribution in [1.82, 2.24) is 15.5 Å². The Bertz CT molecular complexity index is 728. The van der Waals surface area contributed by atoms with Gasteiger partial charge >= 0.3 is 0 Å². The highest BCUT2D eigenvalue weighted by atomic mass is 35.5. The van der Waals surface area contributed by atoms with E-state index in [4.69, 9.17) is 23.2 Å². The van der Waals surface area contributed by atoms with Crippen LogP contribution in [0.25, 0.3) is 0 Å². The van der Waals surface area contributed by atoms with Crippen molar-refractivity contribution in [3.63, 3.8) is 0 Å². The molecule has 1 aromatic rings. The van der Waals surface area contributed by atoms with E-state index >= 15 is 4.39 Å². The lowest BCUT2D eigenvalue weighted by Crippen LogP contribution is -2.53. The Hall–Kier alpha value is -1.37. The van der Waals surface area contributed by atoms with E-state index in [0.717, 1.165) is 25.8 Å². The molecule has 0 saturated carbocycles. The van der Waals surface area contributed by atoms with Gasteiger partial charge in [0, 0.05) is 47.2 Å². The zero-order valence-electron chi connectivity index (χ0n) is 16.6. The monoisotopic (exact) mass is 443 g/mol. The van der Waals surface area contributed by atoms with Gasteiger partial charge < -0.3 is 15.5 Å². The van der Waals surface area contributed by atoms with Crippen molar-refractivity contribution in [2.75, 3.05) is 26.2 Å². The van der Waals surface area contributed by atoms with Crippen LogP contribution in [0.5, 0.6) is 0 Å². The lowest BCUT2D eigenvalue weighted by atomic mass is 9.82. The summed E-state index contributed by atoms with van der Waals surface area (Å²) in [4.78, 5) is 27.0. The highest BCUT2D eigenvalue weighted by molar-refractivity contribution is 6.35. The average Bonchev–Trinajstić information content (AvgIpc) is 2.71. The molecule has 0 aromatic heterocycles. The molecule has 160 valence electrons. The third kappa shape index (κ3) is 5.62. The number of benzene rings is 1. The van der Waals surface area contributed by atoms with E-state index in [-0.39, 0.29) is 17.9 Å². The van der Waals surface area contributed by atoms with Crippen molar-refractivity contribution < 1.29 is 14.0 Å². The van der Waals surface area contributed by atoms with E-state index in [1.165, 1.54) is 0 Å². The Morgan fingerprint density at radius 2 is 1.97 bits per heavy atom. The first-order valence-corrected chi connectivity index (χ1v) is 11.0. The Kier molecular flexibility index (Phi) is 7.77. The Balaban J connectivity index is 1.63. The van der Waals surface area contributed by atoms with Crippen LogP contribution in [0.2, 0.25) is 10.0 Å². The maximum Gasteiger partial charge on any atom is 0.257 e. The Morgan fingerprint density at radius 1 is 1.24 bits per heavy atom. The molecule has 1 aromatic carbocycles. The number of alkyl halides is 1. The molecule has 2 saturated heterocycles. The molecule has 0 radical (unpaired) electrons. The second kappa shape index (κ2) is 10.1. The molecule has 8 heteroatoms. The van der Waals surface area contributed by atoms with Gasteiger partial charge in [0.1, 0.15) is 0 Å². The van der Waals surface area contributed by atoms with E-state index in [1.54, 1.807) is 23.1 Å². The maximum atomic E-state index is 15.3. The lowest BCUT2D eigenvalue weighted by molar-refractivity contribution is -0.143. The van der Waals surface area contributed by atoms with E-state index in [1.807, 2.05) is 6.92 Å². The largest absolute Gasteiger partial charge is 0.352 e. The number of rotatable bonds is 5. The predicted octanol–water partition coefficient (Wildman–Crippen LogP) is 3.69. The van der Waals surface area contributed by atoms with Gasteiger partial charge in [-0.05, 0) is 63.3 Å². The van der Waals surface area contributed by atoms with Crippen molar-refractivity contribution in [2.24, 2.45) is 11.8 Å². The number of nitrogens with zero attached hydrogens (tertiary/aromatic N) is 1. The van der Waals surface area contributed by atoms with E-state index in [2.05, 4.69) is 10.6 Å². The van der Waals surface area contributed by atoms with Crippen molar-refractivity contribution in [2.45, 2.75) is 44.8 Å². The van der Waals surface area contributed by atoms with Crippen LogP contribution in [0, 0.1) is 11.8 Å². The summed E-state index contributed by atoms with van der Waals surface area (Å²) < 4.78 is 15.3. The topological polar surface area (TPSA) is 61.4 Å². The van der Waals surface area contributed by atoms with Crippen molar-refractivity contribution >= 4 is 35.0 Å². The standard InChI is InChI=1S/C21H28Cl2FN3O2/c1-13-4-2-3-7-27(13)21(29)19(24)18-12-25-6-5-14(18)11-26-20(28)15-8-16(22)10-17(23)9-15/h8-10,13-14,18-19,25H,2-7,11-12H2,1H3,(H,26,28)/t13?,14-,18+,19?/m0/s1. The first-order chi connectivity index (χ1) is 13.9. The van der Waals surface area contributed by atoms with Crippen LogP contribution < -0.4 is 10.6 Å². The zero-order valence-corrected chi connectivity index (χ0v) is 18.1. The van der Waals surface area contributed by atoms with E-state index in [9.17, 15) is 9.59 Å². The number of likely N-dealkylation sites (tertiary alicyclic amines) is 1. The molecule has 4 atom stereocenters. The first-order valence-electron chi connectivity index (χ1n) is 10.3. The van der Waals surface area contributed by atoms with Crippen LogP contribution in [0.3, 0.4) is 0 Å². The zero-order chi connectivity index (χ0) is 21.0. The normalized spacial score (nSPS) is 26.1. The number of carbonyl (C=O) groups excluding carboxylic acids is 2. The predicted molar refractivity (Wildman–Crippen MR) is 113 cm³/mol. The molecule has 0 bridgehead atoms. The van der Waals surface area contributed by atoms with Crippen LogP contribution in [-0.4, -0.2) is 55.1 Å². The van der Waals surface area contributed by atoms with Gasteiger partial charge in [0.15, 0.2) is 6.17 Å². The number of carbonyl (C=O) groups is 2. The average molecular weight is 444 g/mol. The number of hydrogen-bond acceptors (Lipinski definition) is 3. The highest BCUT2D eigenvalue weighted by Crippen LogP contribution is 2.28. The van der Waals surface area contributed by atoms with Gasteiger partial charge in [-0.15, -0.1) is 0 Å². The maximum absolute atomic E-state index is 15.3. The van der Waals surface area contributed by atoms with Gasteiger partial charge in [-0.25, -0.2) is 4.39 Å². The molecule has 0 spiro atoms. The molecule has 2 unspecified atom stereocenters. The highest BCUT2D eigenvalue weighted by Gasteiger charge is 2.39. The Labute approximate surface area is 181 Å². The van der Waals surface area contributed by atoms with E-state index < -0.39 is 18.0 Å². The third-order valence-corrected chi connectivity index (χ3v) is 6.46. The Morgan fingerprint density at radius 3 is 2.66 bits per heavy atom. The van der Waals surface area contributed by atoms with Crippen LogP contribution in [0.15, 0.2) is 18.2 Å². The molecule has 0 aliphatic carbocycles. The third-order valence-electron chi connectivity index (χ3n) is 6.02. The molecule has 2 fully saturated rings. The van der Waals surface area contributed by atoms with Crippen molar-refractivity contribution in [3.8, 4) is 0 Å². The summed E-state index contributed by atoms with van der Waals surface area (Å²) in [6.07, 6.45) is 2.06. The summed E-state index contributed by atoms with van der Waals surface area (Å²) in [5.41, 5.74) is 0.364. The van der Waals surface area contributed by atoms with Gasteiger partial charge in [0.25, 0.3) is 11.8 Å². The molecule has 2 aliphatic heterocycles. The van der Waals surface area contributed by atoms with Crippen LogP contribution in [0.4, 0.5) is 4.39 Å². The fourth-order valence-electron chi connectivity index (χ4n) is 4.31. The van der Waals surface area contributed by atoms with Crippen molar-refractivity contribution in [3.05, 3.63) is 33.8 Å². The summed E-state index contributed by atoms with van der Waals surface area (Å²) >= 11 is 11.9. The summed E-state index contributed by atoms with van der Waals surface area (Å²) in [5, 5.41) is 6.81. The quantitative estimate of drug-likeness (QED) is 0.729. The minimum Gasteiger partial charge on any atom is -0.352 e. The SMILES string of the molecule is CC1CCCCN1C(=O)C(F)[C@@H]1CNCC[C@H]1CNC(=O)c1cc(Cl)cc(Cl)c1. The fourth-order valence-corrected chi connectivity index (χ4v) is 4.84. The van der Waals surface area contributed by atoms with E-state index in [0.29, 0.717) is 41.7 Å². The number of hydrogen-bond donors (Lipinski definition) is 2. The molecule has 2 aliphatic rings. The molecule has 3 rings (SSSR count). The number of halogens is 3. The molecular weight excluding hydrogens is 416 g/mol. The lowest BCUT2D eigenvalue weighted by Gasteiger charge is -2.39. The van der Waals surface area contributed by atoms with Crippen LogP contribution in [-0.2, 0) is 4.79 Å². The second-order valence-electron chi connectivity index (χ2n) is 8.06. The van der Waals surface area contributed by atoms with Gasteiger partial charge in [-0.1, -0.05) is 23.2 Å². The molecule has 2 N–H and O–H groups in total. The fraction of sp³-hybridized carbons (Fsp3) is 0.619. The van der Waals surface area contributed by atoms with Crippen LogP contribution in [0.1, 0.15) is 43.0 Å². The number of amides is 2. The smallest absolute Gasteiger partial charge is 0.257 e. The molecule has 29 heavy (non-hydrogen) atoms. The first kappa shape index (κ1) is 22.3. The van der Waals surface area contributed by atoms with Gasteiger partial charge in [-0.2, -0.15) is 0 Å². The minimum absolute atomic E-state index is 0.0804. The second-order valence-corrected chi connectivity index (χ2v) is 8.94. The molecule has 2 amide bonds. The van der Waals surface area contributed by atoms with Crippen molar-refractivity contribution in [1.29, 1.82) is 0 Å². The van der Waals surface area contributed by atoms with Gasteiger partial charge in [0.05, 0.1) is 0 Å². The molecular formula is C21H28Cl2FN3O2. The van der Waals surface area contributed by atoms with Gasteiger partial charge in [-0.3, -0.25) is 9.59 Å². The molecule has 5 nitrogen and oxygen atoms in total.